The highest BCUT2D eigenvalue weighted by Gasteiger charge is 2.22. The number of ether oxygens (including phenoxy) is 2. The van der Waals surface area contributed by atoms with Crippen LogP contribution < -0.4 is 14.8 Å². The molecule has 0 aromatic heterocycles. The molecule has 0 fully saturated rings. The molecule has 158 valence electrons. The Morgan fingerprint density at radius 1 is 1.27 bits per heavy atom. The molecule has 0 aliphatic carbocycles. The third-order valence-electron chi connectivity index (χ3n) is 4.55. The summed E-state index contributed by atoms with van der Waals surface area (Å²) in [6.45, 7) is 0.748. The number of carbonyl (C=O) groups is 2. The van der Waals surface area contributed by atoms with Crippen molar-refractivity contribution in [3.05, 3.63) is 69.7 Å². The van der Waals surface area contributed by atoms with Gasteiger partial charge in [0.1, 0.15) is 11.5 Å². The molecule has 8 heteroatoms. The standard InChI is InChI=1S/C22H22BrClN2O4/c1-29-18-6-2-4-15(10-18)11-21(27)25-17-5-3-9-26(13-17)22(28)14-30-20-12-16(24)7-8-19(20)23/h2-8,10,12,17H,9,11,13-14H2,1H3,(H,25,27). The van der Waals surface area contributed by atoms with Crippen molar-refractivity contribution < 1.29 is 19.1 Å². The SMILES string of the molecule is COc1cccc(CC(=O)NC2C=CCN(C(=O)COc3cc(Cl)ccc3Br)C2)c1. The Kier molecular flexibility index (Phi) is 7.76. The fourth-order valence-corrected chi connectivity index (χ4v) is 3.59. The highest BCUT2D eigenvalue weighted by atomic mass is 79.9. The number of nitrogens with one attached hydrogen (secondary N) is 1. The largest absolute Gasteiger partial charge is 0.497 e. The van der Waals surface area contributed by atoms with Crippen LogP contribution in [0.1, 0.15) is 5.56 Å². The van der Waals surface area contributed by atoms with Crippen molar-refractivity contribution in [3.63, 3.8) is 0 Å². The first kappa shape index (κ1) is 22.2. The number of methoxy groups -OCH3 is 1. The van der Waals surface area contributed by atoms with Crippen LogP contribution in [0.25, 0.3) is 0 Å². The zero-order valence-electron chi connectivity index (χ0n) is 16.4. The predicted octanol–water partition coefficient (Wildman–Crippen LogP) is 3.62. The monoisotopic (exact) mass is 492 g/mol. The number of carbonyl (C=O) groups excluding carboxylic acids is 2. The molecule has 2 aromatic carbocycles. The van der Waals surface area contributed by atoms with Gasteiger partial charge in [-0.25, -0.2) is 0 Å². The molecule has 1 aliphatic rings. The molecule has 1 unspecified atom stereocenters. The van der Waals surface area contributed by atoms with E-state index in [4.69, 9.17) is 21.1 Å². The van der Waals surface area contributed by atoms with E-state index in [1.54, 1.807) is 30.2 Å². The van der Waals surface area contributed by atoms with Gasteiger partial charge in [0.25, 0.3) is 5.91 Å². The van der Waals surface area contributed by atoms with Crippen molar-refractivity contribution in [2.75, 3.05) is 26.8 Å². The summed E-state index contributed by atoms with van der Waals surface area (Å²) in [6, 6.07) is 12.3. The van der Waals surface area contributed by atoms with Gasteiger partial charge in [0, 0.05) is 18.1 Å². The highest BCUT2D eigenvalue weighted by Crippen LogP contribution is 2.28. The minimum absolute atomic E-state index is 0.114. The molecule has 1 heterocycles. The minimum Gasteiger partial charge on any atom is -0.497 e. The molecule has 1 atom stereocenters. The molecule has 6 nitrogen and oxygen atoms in total. The van der Waals surface area contributed by atoms with Gasteiger partial charge in [-0.1, -0.05) is 35.9 Å². The fourth-order valence-electron chi connectivity index (χ4n) is 3.07. The van der Waals surface area contributed by atoms with Crippen LogP contribution in [-0.4, -0.2) is 49.6 Å². The van der Waals surface area contributed by atoms with Crippen LogP contribution >= 0.6 is 27.5 Å². The van der Waals surface area contributed by atoms with Crippen LogP contribution in [-0.2, 0) is 16.0 Å². The van der Waals surface area contributed by atoms with E-state index in [2.05, 4.69) is 21.2 Å². The Morgan fingerprint density at radius 2 is 2.10 bits per heavy atom. The van der Waals surface area contributed by atoms with Crippen molar-refractivity contribution in [1.29, 1.82) is 0 Å². The maximum absolute atomic E-state index is 12.6. The van der Waals surface area contributed by atoms with Crippen molar-refractivity contribution in [3.8, 4) is 11.5 Å². The van der Waals surface area contributed by atoms with E-state index in [1.165, 1.54) is 0 Å². The summed E-state index contributed by atoms with van der Waals surface area (Å²) >= 11 is 9.35. The van der Waals surface area contributed by atoms with E-state index in [0.29, 0.717) is 29.6 Å². The summed E-state index contributed by atoms with van der Waals surface area (Å²) in [5.74, 6) is 0.928. The number of nitrogens with zero attached hydrogens (tertiary/aromatic N) is 1. The average molecular weight is 494 g/mol. The molecule has 0 saturated heterocycles. The Hall–Kier alpha value is -2.51. The number of hydrogen-bond acceptors (Lipinski definition) is 4. The first-order valence-electron chi connectivity index (χ1n) is 9.39. The lowest BCUT2D eigenvalue weighted by Gasteiger charge is -2.29. The second kappa shape index (κ2) is 10.5. The van der Waals surface area contributed by atoms with Crippen LogP contribution in [0.3, 0.4) is 0 Å². The molecular formula is C22H22BrClN2O4. The quantitative estimate of drug-likeness (QED) is 0.598. The highest BCUT2D eigenvalue weighted by molar-refractivity contribution is 9.10. The topological polar surface area (TPSA) is 67.9 Å². The van der Waals surface area contributed by atoms with Gasteiger partial charge in [-0.3, -0.25) is 9.59 Å². The summed E-state index contributed by atoms with van der Waals surface area (Å²) in [4.78, 5) is 26.6. The van der Waals surface area contributed by atoms with Crippen LogP contribution in [0.4, 0.5) is 0 Å². The third-order valence-corrected chi connectivity index (χ3v) is 5.44. The molecule has 0 spiro atoms. The van der Waals surface area contributed by atoms with Gasteiger partial charge in [-0.2, -0.15) is 0 Å². The maximum atomic E-state index is 12.6. The number of hydrogen-bond donors (Lipinski definition) is 1. The van der Waals surface area contributed by atoms with E-state index < -0.39 is 0 Å². The van der Waals surface area contributed by atoms with E-state index in [9.17, 15) is 9.59 Å². The molecule has 2 amide bonds. The van der Waals surface area contributed by atoms with Gasteiger partial charge in [-0.05, 0) is 51.8 Å². The predicted molar refractivity (Wildman–Crippen MR) is 119 cm³/mol. The van der Waals surface area contributed by atoms with Gasteiger partial charge >= 0.3 is 0 Å². The molecule has 2 aromatic rings. The Bertz CT molecular complexity index is 950. The van der Waals surface area contributed by atoms with E-state index in [-0.39, 0.29) is 30.9 Å². The van der Waals surface area contributed by atoms with Crippen LogP contribution in [0.2, 0.25) is 5.02 Å². The van der Waals surface area contributed by atoms with Crippen molar-refractivity contribution >= 4 is 39.3 Å². The first-order chi connectivity index (χ1) is 14.4. The van der Waals surface area contributed by atoms with Crippen molar-refractivity contribution in [2.45, 2.75) is 12.5 Å². The molecular weight excluding hydrogens is 472 g/mol. The van der Waals surface area contributed by atoms with Crippen LogP contribution in [0.15, 0.2) is 59.1 Å². The molecule has 3 rings (SSSR count). The summed E-state index contributed by atoms with van der Waals surface area (Å²) in [7, 11) is 1.59. The van der Waals surface area contributed by atoms with Crippen molar-refractivity contribution in [1.82, 2.24) is 10.2 Å². The number of halogens is 2. The second-order valence-corrected chi connectivity index (χ2v) is 8.08. The summed E-state index contributed by atoms with van der Waals surface area (Å²) in [5, 5.41) is 3.48. The molecule has 1 N–H and O–H groups in total. The first-order valence-corrected chi connectivity index (χ1v) is 10.6. The number of benzene rings is 2. The Labute approximate surface area is 188 Å². The average Bonchev–Trinajstić information content (AvgIpc) is 2.74. The smallest absolute Gasteiger partial charge is 0.260 e. The lowest BCUT2D eigenvalue weighted by atomic mass is 10.1. The van der Waals surface area contributed by atoms with Crippen LogP contribution in [0, 0.1) is 0 Å². The van der Waals surface area contributed by atoms with Gasteiger partial charge in [0.15, 0.2) is 6.61 Å². The Morgan fingerprint density at radius 3 is 2.90 bits per heavy atom. The normalized spacial score (nSPS) is 15.6. The van der Waals surface area contributed by atoms with E-state index in [0.717, 1.165) is 10.0 Å². The number of amides is 2. The lowest BCUT2D eigenvalue weighted by Crippen LogP contribution is -2.48. The maximum Gasteiger partial charge on any atom is 0.260 e. The van der Waals surface area contributed by atoms with Crippen molar-refractivity contribution in [2.24, 2.45) is 0 Å². The van der Waals surface area contributed by atoms with Gasteiger partial charge in [-0.15, -0.1) is 0 Å². The summed E-state index contributed by atoms with van der Waals surface area (Å²) in [6.07, 6.45) is 4.01. The zero-order chi connectivity index (χ0) is 21.5. The molecule has 1 aliphatic heterocycles. The lowest BCUT2D eigenvalue weighted by molar-refractivity contribution is -0.133. The zero-order valence-corrected chi connectivity index (χ0v) is 18.8. The number of rotatable bonds is 7. The molecule has 0 bridgehead atoms. The molecule has 0 saturated carbocycles. The summed E-state index contributed by atoms with van der Waals surface area (Å²) in [5.41, 5.74) is 0.861. The molecule has 30 heavy (non-hydrogen) atoms. The minimum atomic E-state index is -0.251. The van der Waals surface area contributed by atoms with Gasteiger partial charge < -0.3 is 19.7 Å². The van der Waals surface area contributed by atoms with Crippen LogP contribution in [0.5, 0.6) is 11.5 Å². The van der Waals surface area contributed by atoms with E-state index >= 15 is 0 Å². The second-order valence-electron chi connectivity index (χ2n) is 6.79. The molecule has 0 radical (unpaired) electrons. The van der Waals surface area contributed by atoms with Gasteiger partial charge in [0.2, 0.25) is 5.91 Å². The fraction of sp³-hybridized carbons (Fsp3) is 0.273. The third kappa shape index (κ3) is 6.24. The van der Waals surface area contributed by atoms with E-state index in [1.807, 2.05) is 36.4 Å². The van der Waals surface area contributed by atoms with Gasteiger partial charge in [0.05, 0.1) is 24.0 Å². The Balaban J connectivity index is 1.51. The summed E-state index contributed by atoms with van der Waals surface area (Å²) < 4.78 is 11.5.